The Morgan fingerprint density at radius 3 is 2.81 bits per heavy atom. The number of morpholine rings is 1. The summed E-state index contributed by atoms with van der Waals surface area (Å²) in [5.74, 6) is -0.0144. The zero-order chi connectivity index (χ0) is 15.1. The topological polar surface area (TPSA) is 41.6 Å². The van der Waals surface area contributed by atoms with Crippen LogP contribution in [0.3, 0.4) is 0 Å². The number of amides is 1. The molecule has 1 unspecified atom stereocenters. The molecule has 1 saturated heterocycles. The molecule has 5 heteroatoms. The van der Waals surface area contributed by atoms with Crippen LogP contribution < -0.4 is 5.32 Å². The fourth-order valence-corrected chi connectivity index (χ4v) is 2.46. The largest absolute Gasteiger partial charge is 0.378 e. The van der Waals surface area contributed by atoms with Gasteiger partial charge in [-0.3, -0.25) is 4.79 Å². The van der Waals surface area contributed by atoms with Crippen LogP contribution in [0.25, 0.3) is 0 Å². The molecule has 0 radical (unpaired) electrons. The van der Waals surface area contributed by atoms with E-state index >= 15 is 0 Å². The maximum Gasteiger partial charge on any atom is 0.224 e. The Morgan fingerprint density at radius 2 is 2.10 bits per heavy atom. The molecule has 0 aliphatic carbocycles. The fourth-order valence-electron chi connectivity index (χ4n) is 2.46. The van der Waals surface area contributed by atoms with Gasteiger partial charge in [0.25, 0.3) is 0 Å². The standard InChI is InChI=1S/C16H23FN2O2/c1-13(12-14-4-2-3-5-15(14)17)18-7-6-16(20)19-8-10-21-11-9-19/h2-5,13,18H,6-12H2,1H3. The van der Waals surface area contributed by atoms with Crippen molar-refractivity contribution in [2.45, 2.75) is 25.8 Å². The third kappa shape index (κ3) is 5.10. The minimum atomic E-state index is -0.171. The van der Waals surface area contributed by atoms with Crippen molar-refractivity contribution in [1.82, 2.24) is 10.2 Å². The van der Waals surface area contributed by atoms with Crippen LogP contribution in [0.5, 0.6) is 0 Å². The second-order valence-corrected chi connectivity index (χ2v) is 5.39. The summed E-state index contributed by atoms with van der Waals surface area (Å²) >= 11 is 0. The highest BCUT2D eigenvalue weighted by molar-refractivity contribution is 5.76. The summed E-state index contributed by atoms with van der Waals surface area (Å²) in [4.78, 5) is 13.8. The Kier molecular flexibility index (Phi) is 6.14. The van der Waals surface area contributed by atoms with Gasteiger partial charge in [-0.1, -0.05) is 18.2 Å². The quantitative estimate of drug-likeness (QED) is 0.866. The van der Waals surface area contributed by atoms with Gasteiger partial charge in [0.05, 0.1) is 13.2 Å². The van der Waals surface area contributed by atoms with Gasteiger partial charge in [-0.05, 0) is 25.0 Å². The normalized spacial score (nSPS) is 16.8. The zero-order valence-electron chi connectivity index (χ0n) is 12.5. The van der Waals surface area contributed by atoms with Crippen LogP contribution in [-0.2, 0) is 16.0 Å². The minimum Gasteiger partial charge on any atom is -0.378 e. The molecule has 0 spiro atoms. The monoisotopic (exact) mass is 294 g/mol. The molecule has 116 valence electrons. The van der Waals surface area contributed by atoms with Crippen molar-refractivity contribution in [2.75, 3.05) is 32.8 Å². The molecule has 0 saturated carbocycles. The third-order valence-electron chi connectivity index (χ3n) is 3.68. The number of hydrogen-bond acceptors (Lipinski definition) is 3. The summed E-state index contributed by atoms with van der Waals surface area (Å²) in [6.45, 7) is 5.25. The molecule has 1 amide bonds. The number of ether oxygens (including phenoxy) is 1. The van der Waals surface area contributed by atoms with Gasteiger partial charge in [-0.15, -0.1) is 0 Å². The fraction of sp³-hybridized carbons (Fsp3) is 0.562. The first kappa shape index (κ1) is 15.9. The van der Waals surface area contributed by atoms with E-state index in [1.807, 2.05) is 17.9 Å². The van der Waals surface area contributed by atoms with E-state index in [4.69, 9.17) is 4.74 Å². The first-order valence-electron chi connectivity index (χ1n) is 7.49. The molecule has 4 nitrogen and oxygen atoms in total. The molecule has 1 aromatic carbocycles. The van der Waals surface area contributed by atoms with Crippen LogP contribution in [0, 0.1) is 5.82 Å². The summed E-state index contributed by atoms with van der Waals surface area (Å²) < 4.78 is 18.8. The highest BCUT2D eigenvalue weighted by Crippen LogP contribution is 2.09. The molecule has 1 heterocycles. The molecular weight excluding hydrogens is 271 g/mol. The summed E-state index contributed by atoms with van der Waals surface area (Å²) in [6.07, 6.45) is 1.10. The summed E-state index contributed by atoms with van der Waals surface area (Å²) in [7, 11) is 0. The molecule has 21 heavy (non-hydrogen) atoms. The van der Waals surface area contributed by atoms with Gasteiger partial charge in [0.1, 0.15) is 5.82 Å². The van der Waals surface area contributed by atoms with Gasteiger partial charge in [-0.25, -0.2) is 4.39 Å². The Balaban J connectivity index is 1.68. The van der Waals surface area contributed by atoms with Crippen molar-refractivity contribution in [3.63, 3.8) is 0 Å². The van der Waals surface area contributed by atoms with E-state index in [0.29, 0.717) is 51.3 Å². The van der Waals surface area contributed by atoms with E-state index < -0.39 is 0 Å². The summed E-state index contributed by atoms with van der Waals surface area (Å²) in [6, 6.07) is 6.95. The number of nitrogens with one attached hydrogen (secondary N) is 1. The molecule has 0 bridgehead atoms. The second-order valence-electron chi connectivity index (χ2n) is 5.39. The summed E-state index contributed by atoms with van der Waals surface area (Å²) in [5, 5.41) is 3.28. The Hall–Kier alpha value is -1.46. The molecule has 1 aromatic rings. The van der Waals surface area contributed by atoms with Crippen molar-refractivity contribution >= 4 is 5.91 Å². The SMILES string of the molecule is CC(Cc1ccccc1F)NCCC(=O)N1CCOCC1. The third-order valence-corrected chi connectivity index (χ3v) is 3.68. The zero-order valence-corrected chi connectivity index (χ0v) is 12.5. The average molecular weight is 294 g/mol. The van der Waals surface area contributed by atoms with Crippen LogP contribution in [0.2, 0.25) is 0 Å². The molecule has 2 rings (SSSR count). The molecular formula is C16H23FN2O2. The van der Waals surface area contributed by atoms with Crippen LogP contribution in [0.15, 0.2) is 24.3 Å². The molecule has 0 aromatic heterocycles. The lowest BCUT2D eigenvalue weighted by atomic mass is 10.1. The predicted molar refractivity (Wildman–Crippen MR) is 79.6 cm³/mol. The van der Waals surface area contributed by atoms with Crippen molar-refractivity contribution in [3.8, 4) is 0 Å². The van der Waals surface area contributed by atoms with Crippen LogP contribution in [-0.4, -0.2) is 49.7 Å². The highest BCUT2D eigenvalue weighted by Gasteiger charge is 2.16. The van der Waals surface area contributed by atoms with Crippen molar-refractivity contribution in [3.05, 3.63) is 35.6 Å². The molecule has 1 N–H and O–H groups in total. The van der Waals surface area contributed by atoms with Gasteiger partial charge in [0, 0.05) is 32.1 Å². The van der Waals surface area contributed by atoms with E-state index in [-0.39, 0.29) is 17.8 Å². The number of carbonyl (C=O) groups is 1. The van der Waals surface area contributed by atoms with Crippen LogP contribution in [0.1, 0.15) is 18.9 Å². The van der Waals surface area contributed by atoms with Crippen molar-refractivity contribution in [1.29, 1.82) is 0 Å². The van der Waals surface area contributed by atoms with E-state index in [2.05, 4.69) is 5.32 Å². The Labute approximate surface area is 125 Å². The number of benzene rings is 1. The first-order chi connectivity index (χ1) is 10.2. The Morgan fingerprint density at radius 1 is 1.38 bits per heavy atom. The lowest BCUT2D eigenvalue weighted by Gasteiger charge is -2.27. The lowest BCUT2D eigenvalue weighted by molar-refractivity contribution is -0.135. The maximum absolute atomic E-state index is 13.5. The van der Waals surface area contributed by atoms with Gasteiger partial charge in [-0.2, -0.15) is 0 Å². The molecule has 1 aliphatic rings. The number of hydrogen-bond donors (Lipinski definition) is 1. The molecule has 1 atom stereocenters. The van der Waals surface area contributed by atoms with E-state index in [0.717, 1.165) is 0 Å². The van der Waals surface area contributed by atoms with E-state index in [1.54, 1.807) is 12.1 Å². The van der Waals surface area contributed by atoms with Crippen molar-refractivity contribution in [2.24, 2.45) is 0 Å². The highest BCUT2D eigenvalue weighted by atomic mass is 19.1. The maximum atomic E-state index is 13.5. The number of halogens is 1. The minimum absolute atomic E-state index is 0.138. The lowest BCUT2D eigenvalue weighted by Crippen LogP contribution is -2.42. The second kappa shape index (κ2) is 8.10. The van der Waals surface area contributed by atoms with Crippen LogP contribution in [0.4, 0.5) is 4.39 Å². The van der Waals surface area contributed by atoms with E-state index in [1.165, 1.54) is 6.07 Å². The van der Waals surface area contributed by atoms with Gasteiger partial charge < -0.3 is 15.0 Å². The average Bonchev–Trinajstić information content (AvgIpc) is 2.50. The number of carbonyl (C=O) groups excluding carboxylic acids is 1. The van der Waals surface area contributed by atoms with Gasteiger partial charge in [0.2, 0.25) is 5.91 Å². The van der Waals surface area contributed by atoms with Crippen LogP contribution >= 0.6 is 0 Å². The van der Waals surface area contributed by atoms with Crippen molar-refractivity contribution < 1.29 is 13.9 Å². The van der Waals surface area contributed by atoms with E-state index in [9.17, 15) is 9.18 Å². The first-order valence-corrected chi connectivity index (χ1v) is 7.49. The van der Waals surface area contributed by atoms with Gasteiger partial charge >= 0.3 is 0 Å². The smallest absolute Gasteiger partial charge is 0.224 e. The molecule has 1 fully saturated rings. The summed E-state index contributed by atoms with van der Waals surface area (Å²) in [5.41, 5.74) is 0.706. The van der Waals surface area contributed by atoms with Gasteiger partial charge in [0.15, 0.2) is 0 Å². The predicted octanol–water partition coefficient (Wildman–Crippen LogP) is 1.60. The Bertz CT molecular complexity index is 461. The number of rotatable bonds is 6. The number of nitrogens with zero attached hydrogens (tertiary/aromatic N) is 1. The molecule has 1 aliphatic heterocycles.